The average molecular weight is 219 g/mol. The Labute approximate surface area is 93.2 Å². The van der Waals surface area contributed by atoms with Gasteiger partial charge in [-0.3, -0.25) is 0 Å². The fourth-order valence-corrected chi connectivity index (χ4v) is 1.26. The summed E-state index contributed by atoms with van der Waals surface area (Å²) in [6.07, 6.45) is 0.988. The van der Waals surface area contributed by atoms with Crippen molar-refractivity contribution in [2.24, 2.45) is 0 Å². The second kappa shape index (κ2) is 4.65. The smallest absolute Gasteiger partial charge is 0.313 e. The van der Waals surface area contributed by atoms with Crippen LogP contribution in [0, 0.1) is 0 Å². The Morgan fingerprint density at radius 1 is 1.25 bits per heavy atom. The number of anilines is 1. The van der Waals surface area contributed by atoms with Crippen molar-refractivity contribution in [3.05, 3.63) is 24.3 Å². The highest BCUT2D eigenvalue weighted by atomic mass is 16.5. The lowest BCUT2D eigenvalue weighted by Crippen LogP contribution is -1.94. The second-order valence-corrected chi connectivity index (χ2v) is 3.32. The lowest BCUT2D eigenvalue weighted by molar-refractivity contribution is 0.317. The van der Waals surface area contributed by atoms with Crippen LogP contribution in [0.15, 0.2) is 28.7 Å². The van der Waals surface area contributed by atoms with Crippen LogP contribution < -0.4 is 10.5 Å². The van der Waals surface area contributed by atoms with Gasteiger partial charge in [0.1, 0.15) is 5.75 Å². The van der Waals surface area contributed by atoms with Crippen molar-refractivity contribution < 1.29 is 9.15 Å². The minimum atomic E-state index is 0.0707. The molecule has 0 bridgehead atoms. The SMILES string of the molecule is CCCOc1ccc(-c2nnc(N)o2)cc1. The molecule has 1 heterocycles. The Morgan fingerprint density at radius 2 is 2.00 bits per heavy atom. The molecular formula is C11H13N3O2. The average Bonchev–Trinajstić information content (AvgIpc) is 2.74. The van der Waals surface area contributed by atoms with Crippen LogP contribution >= 0.6 is 0 Å². The maximum absolute atomic E-state index is 5.46. The van der Waals surface area contributed by atoms with Gasteiger partial charge in [-0.15, -0.1) is 5.10 Å². The third-order valence-corrected chi connectivity index (χ3v) is 2.01. The van der Waals surface area contributed by atoms with E-state index in [1.807, 2.05) is 24.3 Å². The summed E-state index contributed by atoms with van der Waals surface area (Å²) in [6, 6.07) is 7.52. The molecule has 0 aliphatic heterocycles. The van der Waals surface area contributed by atoms with E-state index in [2.05, 4.69) is 17.1 Å². The predicted octanol–water partition coefficient (Wildman–Crippen LogP) is 2.11. The zero-order valence-electron chi connectivity index (χ0n) is 9.01. The van der Waals surface area contributed by atoms with Gasteiger partial charge in [0.15, 0.2) is 0 Å². The van der Waals surface area contributed by atoms with Crippen LogP contribution in [0.2, 0.25) is 0 Å². The molecule has 5 heteroatoms. The Morgan fingerprint density at radius 3 is 2.56 bits per heavy atom. The van der Waals surface area contributed by atoms with Gasteiger partial charge in [0, 0.05) is 5.56 Å². The molecule has 1 aromatic carbocycles. The highest BCUT2D eigenvalue weighted by Gasteiger charge is 2.05. The highest BCUT2D eigenvalue weighted by molar-refractivity contribution is 5.54. The van der Waals surface area contributed by atoms with E-state index < -0.39 is 0 Å². The van der Waals surface area contributed by atoms with Crippen LogP contribution in [0.1, 0.15) is 13.3 Å². The molecule has 0 saturated heterocycles. The maximum atomic E-state index is 5.46. The molecule has 2 aromatic rings. The van der Waals surface area contributed by atoms with Gasteiger partial charge in [0.2, 0.25) is 5.89 Å². The summed E-state index contributed by atoms with van der Waals surface area (Å²) in [5.41, 5.74) is 6.17. The summed E-state index contributed by atoms with van der Waals surface area (Å²) in [5, 5.41) is 7.39. The van der Waals surface area contributed by atoms with Gasteiger partial charge in [-0.2, -0.15) is 0 Å². The van der Waals surface area contributed by atoms with E-state index in [9.17, 15) is 0 Å². The normalized spacial score (nSPS) is 10.3. The van der Waals surface area contributed by atoms with Gasteiger partial charge < -0.3 is 14.9 Å². The first-order chi connectivity index (χ1) is 7.79. The van der Waals surface area contributed by atoms with E-state index in [1.54, 1.807) is 0 Å². The van der Waals surface area contributed by atoms with Gasteiger partial charge in [-0.1, -0.05) is 12.0 Å². The zero-order valence-corrected chi connectivity index (χ0v) is 9.01. The molecule has 0 unspecified atom stereocenters. The Bertz CT molecular complexity index is 451. The van der Waals surface area contributed by atoms with Crippen molar-refractivity contribution in [1.82, 2.24) is 10.2 Å². The molecule has 0 saturated carbocycles. The van der Waals surface area contributed by atoms with Crippen molar-refractivity contribution in [2.75, 3.05) is 12.3 Å². The minimum Gasteiger partial charge on any atom is -0.494 e. The number of hydrogen-bond acceptors (Lipinski definition) is 5. The van der Waals surface area contributed by atoms with E-state index in [4.69, 9.17) is 14.9 Å². The van der Waals surface area contributed by atoms with Gasteiger partial charge in [-0.25, -0.2) is 0 Å². The quantitative estimate of drug-likeness (QED) is 0.852. The van der Waals surface area contributed by atoms with Crippen molar-refractivity contribution in [3.8, 4) is 17.2 Å². The summed E-state index contributed by atoms with van der Waals surface area (Å²) in [7, 11) is 0. The molecule has 2 N–H and O–H groups in total. The topological polar surface area (TPSA) is 74.2 Å². The number of nitrogens with two attached hydrogens (primary N) is 1. The van der Waals surface area contributed by atoms with Crippen LogP contribution in [-0.4, -0.2) is 16.8 Å². The molecule has 0 amide bonds. The van der Waals surface area contributed by atoms with Gasteiger partial charge in [0.05, 0.1) is 6.61 Å². The summed E-state index contributed by atoms with van der Waals surface area (Å²) in [5.74, 6) is 1.25. The molecular weight excluding hydrogens is 206 g/mol. The zero-order chi connectivity index (χ0) is 11.4. The third kappa shape index (κ3) is 2.31. The molecule has 0 radical (unpaired) electrons. The maximum Gasteiger partial charge on any atom is 0.313 e. The number of benzene rings is 1. The lowest BCUT2D eigenvalue weighted by Gasteiger charge is -2.03. The number of hydrogen-bond donors (Lipinski definition) is 1. The Balaban J connectivity index is 2.13. The fraction of sp³-hybridized carbons (Fsp3) is 0.273. The third-order valence-electron chi connectivity index (χ3n) is 2.01. The molecule has 0 aliphatic rings. The number of nitrogen functional groups attached to an aromatic ring is 1. The summed E-state index contributed by atoms with van der Waals surface area (Å²) >= 11 is 0. The molecule has 5 nitrogen and oxygen atoms in total. The molecule has 1 aromatic heterocycles. The number of aromatic nitrogens is 2. The van der Waals surface area contributed by atoms with Crippen molar-refractivity contribution in [2.45, 2.75) is 13.3 Å². The van der Waals surface area contributed by atoms with E-state index in [1.165, 1.54) is 0 Å². The standard InChI is InChI=1S/C11H13N3O2/c1-2-7-15-9-5-3-8(4-6-9)10-13-14-11(12)16-10/h3-6H,2,7H2,1H3,(H2,12,14). The number of nitrogens with zero attached hydrogens (tertiary/aromatic N) is 2. The molecule has 0 atom stereocenters. The van der Waals surface area contributed by atoms with E-state index in [0.717, 1.165) is 17.7 Å². The Hall–Kier alpha value is -2.04. The summed E-state index contributed by atoms with van der Waals surface area (Å²) in [4.78, 5) is 0. The number of rotatable bonds is 4. The first-order valence-corrected chi connectivity index (χ1v) is 5.12. The monoisotopic (exact) mass is 219 g/mol. The molecule has 84 valence electrons. The van der Waals surface area contributed by atoms with Gasteiger partial charge >= 0.3 is 6.01 Å². The van der Waals surface area contributed by atoms with Crippen molar-refractivity contribution >= 4 is 6.01 Å². The van der Waals surface area contributed by atoms with Gasteiger partial charge in [0.25, 0.3) is 0 Å². The summed E-state index contributed by atoms with van der Waals surface area (Å²) in [6.45, 7) is 2.78. The summed E-state index contributed by atoms with van der Waals surface area (Å²) < 4.78 is 10.6. The second-order valence-electron chi connectivity index (χ2n) is 3.32. The predicted molar refractivity (Wildman–Crippen MR) is 59.9 cm³/mol. The highest BCUT2D eigenvalue weighted by Crippen LogP contribution is 2.21. The van der Waals surface area contributed by atoms with Gasteiger partial charge in [-0.05, 0) is 30.7 Å². The molecule has 0 fully saturated rings. The van der Waals surface area contributed by atoms with Crippen LogP contribution in [0.25, 0.3) is 11.5 Å². The van der Waals surface area contributed by atoms with Crippen LogP contribution in [0.3, 0.4) is 0 Å². The lowest BCUT2D eigenvalue weighted by atomic mass is 10.2. The van der Waals surface area contributed by atoms with E-state index in [0.29, 0.717) is 12.5 Å². The van der Waals surface area contributed by atoms with Crippen LogP contribution in [-0.2, 0) is 0 Å². The molecule has 0 spiro atoms. The first-order valence-electron chi connectivity index (χ1n) is 5.12. The first kappa shape index (κ1) is 10.5. The molecule has 0 aliphatic carbocycles. The molecule has 16 heavy (non-hydrogen) atoms. The molecule has 2 rings (SSSR count). The van der Waals surface area contributed by atoms with E-state index >= 15 is 0 Å². The van der Waals surface area contributed by atoms with Crippen LogP contribution in [0.4, 0.5) is 6.01 Å². The van der Waals surface area contributed by atoms with E-state index in [-0.39, 0.29) is 6.01 Å². The largest absolute Gasteiger partial charge is 0.494 e. The van der Waals surface area contributed by atoms with Crippen molar-refractivity contribution in [1.29, 1.82) is 0 Å². The minimum absolute atomic E-state index is 0.0707. The Kier molecular flexibility index (Phi) is 3.05. The number of ether oxygens (including phenoxy) is 1. The van der Waals surface area contributed by atoms with Crippen LogP contribution in [0.5, 0.6) is 5.75 Å². The fourth-order valence-electron chi connectivity index (χ4n) is 1.26. The van der Waals surface area contributed by atoms with Crippen molar-refractivity contribution in [3.63, 3.8) is 0 Å².